The Bertz CT molecular complexity index is 307. The number of ether oxygens (including phenoxy) is 1. The van der Waals surface area contributed by atoms with Crippen molar-refractivity contribution in [1.82, 2.24) is 10.2 Å². The molecule has 4 nitrogen and oxygen atoms in total. The van der Waals surface area contributed by atoms with Crippen molar-refractivity contribution in [3.63, 3.8) is 0 Å². The highest BCUT2D eigenvalue weighted by molar-refractivity contribution is 5.75. The molecule has 0 aromatic carbocycles. The highest BCUT2D eigenvalue weighted by Crippen LogP contribution is 2.37. The van der Waals surface area contributed by atoms with Crippen LogP contribution in [-0.4, -0.2) is 48.7 Å². The summed E-state index contributed by atoms with van der Waals surface area (Å²) in [5, 5.41) is 3.33. The van der Waals surface area contributed by atoms with Gasteiger partial charge in [0.1, 0.15) is 6.04 Å². The lowest BCUT2D eigenvalue weighted by atomic mass is 10.1. The fourth-order valence-electron chi connectivity index (χ4n) is 3.51. The lowest BCUT2D eigenvalue weighted by molar-refractivity contribution is -0.146. The number of carbonyl (C=O) groups excluding carboxylic acids is 1. The molecule has 4 heteroatoms. The molecule has 3 unspecified atom stereocenters. The van der Waals surface area contributed by atoms with Gasteiger partial charge in [0.2, 0.25) is 0 Å². The number of esters is 1. The molecule has 2 bridgehead atoms. The van der Waals surface area contributed by atoms with Gasteiger partial charge in [-0.2, -0.15) is 0 Å². The molecule has 19 heavy (non-hydrogen) atoms. The maximum Gasteiger partial charge on any atom is 0.323 e. The van der Waals surface area contributed by atoms with Crippen LogP contribution in [0.2, 0.25) is 0 Å². The van der Waals surface area contributed by atoms with Gasteiger partial charge >= 0.3 is 5.97 Å². The first-order valence-corrected chi connectivity index (χ1v) is 7.76. The number of carbonyl (C=O) groups is 1. The van der Waals surface area contributed by atoms with E-state index < -0.39 is 0 Å². The molecule has 2 fully saturated rings. The van der Waals surface area contributed by atoms with E-state index in [2.05, 4.69) is 24.1 Å². The predicted octanol–water partition coefficient (Wildman–Crippen LogP) is 1.79. The Morgan fingerprint density at radius 1 is 1.42 bits per heavy atom. The molecule has 2 rings (SSSR count). The Labute approximate surface area is 116 Å². The van der Waals surface area contributed by atoms with Gasteiger partial charge in [0.05, 0.1) is 6.61 Å². The van der Waals surface area contributed by atoms with E-state index in [-0.39, 0.29) is 12.0 Å². The zero-order valence-corrected chi connectivity index (χ0v) is 12.5. The molecule has 1 aliphatic heterocycles. The zero-order valence-electron chi connectivity index (χ0n) is 12.5. The summed E-state index contributed by atoms with van der Waals surface area (Å²) in [5.41, 5.74) is 0. The van der Waals surface area contributed by atoms with Crippen molar-refractivity contribution < 1.29 is 9.53 Å². The topological polar surface area (TPSA) is 41.6 Å². The molecule has 1 N–H and O–H groups in total. The maximum atomic E-state index is 11.9. The summed E-state index contributed by atoms with van der Waals surface area (Å²) in [4.78, 5) is 14.5. The van der Waals surface area contributed by atoms with E-state index in [1.807, 2.05) is 6.92 Å². The highest BCUT2D eigenvalue weighted by atomic mass is 16.5. The van der Waals surface area contributed by atoms with Crippen LogP contribution in [0.3, 0.4) is 0 Å². The minimum atomic E-state index is -0.154. The van der Waals surface area contributed by atoms with E-state index in [0.717, 1.165) is 24.9 Å². The van der Waals surface area contributed by atoms with Gasteiger partial charge < -0.3 is 15.0 Å². The Hall–Kier alpha value is -0.610. The van der Waals surface area contributed by atoms with Crippen LogP contribution < -0.4 is 5.32 Å². The Morgan fingerprint density at radius 3 is 2.74 bits per heavy atom. The van der Waals surface area contributed by atoms with Gasteiger partial charge in [-0.25, -0.2) is 0 Å². The number of rotatable bonds is 7. The van der Waals surface area contributed by atoms with Crippen LogP contribution in [-0.2, 0) is 9.53 Å². The zero-order chi connectivity index (χ0) is 13.8. The quantitative estimate of drug-likeness (QED) is 0.715. The molecule has 110 valence electrons. The number of nitrogens with one attached hydrogen (secondary N) is 1. The molecule has 0 aromatic rings. The van der Waals surface area contributed by atoms with Crippen molar-refractivity contribution in [2.24, 2.45) is 5.92 Å². The molecule has 1 heterocycles. The number of nitrogens with zero attached hydrogens (tertiary/aromatic N) is 1. The predicted molar refractivity (Wildman–Crippen MR) is 76.0 cm³/mol. The summed E-state index contributed by atoms with van der Waals surface area (Å²) in [6.45, 7) is 8.73. The molecule has 0 amide bonds. The van der Waals surface area contributed by atoms with Crippen LogP contribution in [0.25, 0.3) is 0 Å². The monoisotopic (exact) mass is 268 g/mol. The Balaban J connectivity index is 1.80. The van der Waals surface area contributed by atoms with Gasteiger partial charge in [0.15, 0.2) is 0 Å². The molecule has 0 spiro atoms. The van der Waals surface area contributed by atoms with E-state index >= 15 is 0 Å². The van der Waals surface area contributed by atoms with E-state index in [1.54, 1.807) is 0 Å². The van der Waals surface area contributed by atoms with Crippen molar-refractivity contribution in [3.8, 4) is 0 Å². The molecule has 0 aromatic heterocycles. The summed E-state index contributed by atoms with van der Waals surface area (Å²) >= 11 is 0. The van der Waals surface area contributed by atoms with Crippen molar-refractivity contribution >= 4 is 5.97 Å². The SMILES string of the molecule is CCOC(=O)C(CCN1CC2CCC1C2)NC(C)C. The minimum absolute atomic E-state index is 0.0967. The Kier molecular flexibility index (Phi) is 5.22. The third-order valence-corrected chi connectivity index (χ3v) is 4.33. The second kappa shape index (κ2) is 6.71. The van der Waals surface area contributed by atoms with Crippen LogP contribution in [0, 0.1) is 5.92 Å². The first kappa shape index (κ1) is 14.8. The summed E-state index contributed by atoms with van der Waals surface area (Å²) in [5.74, 6) is 0.824. The summed E-state index contributed by atoms with van der Waals surface area (Å²) in [6.07, 6.45) is 5.00. The van der Waals surface area contributed by atoms with Crippen LogP contribution in [0.5, 0.6) is 0 Å². The van der Waals surface area contributed by atoms with E-state index in [1.165, 1.54) is 25.8 Å². The van der Waals surface area contributed by atoms with Gasteiger partial charge in [-0.15, -0.1) is 0 Å². The standard InChI is InChI=1S/C15H28N2O2/c1-4-19-15(18)14(16-11(2)3)7-8-17-10-12-5-6-13(17)9-12/h11-14,16H,4-10H2,1-3H3. The number of hydrogen-bond donors (Lipinski definition) is 1. The number of piperidine rings is 1. The van der Waals surface area contributed by atoms with Crippen LogP contribution in [0.1, 0.15) is 46.5 Å². The molecule has 0 radical (unpaired) electrons. The first-order valence-electron chi connectivity index (χ1n) is 7.76. The van der Waals surface area contributed by atoms with E-state index in [0.29, 0.717) is 12.6 Å². The average Bonchev–Trinajstić information content (AvgIpc) is 2.96. The fraction of sp³-hybridized carbons (Fsp3) is 0.933. The third-order valence-electron chi connectivity index (χ3n) is 4.33. The first-order chi connectivity index (χ1) is 9.10. The minimum Gasteiger partial charge on any atom is -0.465 e. The van der Waals surface area contributed by atoms with Crippen LogP contribution >= 0.6 is 0 Å². The van der Waals surface area contributed by atoms with Crippen LogP contribution in [0.4, 0.5) is 0 Å². The molecule has 1 saturated carbocycles. The highest BCUT2D eigenvalue weighted by Gasteiger charge is 2.37. The van der Waals surface area contributed by atoms with Crippen molar-refractivity contribution in [2.75, 3.05) is 19.7 Å². The van der Waals surface area contributed by atoms with Gasteiger partial charge in [-0.05, 0) is 38.5 Å². The molecule has 1 aliphatic carbocycles. The number of fused-ring (bicyclic) bond motifs is 2. The lowest BCUT2D eigenvalue weighted by Gasteiger charge is -2.28. The van der Waals surface area contributed by atoms with Crippen LogP contribution in [0.15, 0.2) is 0 Å². The average molecular weight is 268 g/mol. The van der Waals surface area contributed by atoms with E-state index in [4.69, 9.17) is 4.74 Å². The second-order valence-corrected chi connectivity index (χ2v) is 6.24. The molecular weight excluding hydrogens is 240 g/mol. The summed E-state index contributed by atoms with van der Waals surface area (Å²) in [7, 11) is 0. The van der Waals surface area contributed by atoms with E-state index in [9.17, 15) is 4.79 Å². The number of likely N-dealkylation sites (tertiary alicyclic amines) is 1. The van der Waals surface area contributed by atoms with Gasteiger partial charge in [-0.1, -0.05) is 13.8 Å². The molecule has 3 atom stereocenters. The lowest BCUT2D eigenvalue weighted by Crippen LogP contribution is -2.45. The summed E-state index contributed by atoms with van der Waals surface area (Å²) < 4.78 is 5.16. The van der Waals surface area contributed by atoms with Crippen molar-refractivity contribution in [1.29, 1.82) is 0 Å². The summed E-state index contributed by atoms with van der Waals surface area (Å²) in [6, 6.07) is 0.940. The molecular formula is C15H28N2O2. The number of hydrogen-bond acceptors (Lipinski definition) is 4. The Morgan fingerprint density at radius 2 is 2.21 bits per heavy atom. The van der Waals surface area contributed by atoms with Crippen molar-refractivity contribution in [2.45, 2.75) is 64.6 Å². The normalized spacial score (nSPS) is 28.0. The van der Waals surface area contributed by atoms with Gasteiger partial charge in [0, 0.05) is 25.2 Å². The maximum absolute atomic E-state index is 11.9. The molecule has 1 saturated heterocycles. The largest absolute Gasteiger partial charge is 0.465 e. The molecule has 2 aliphatic rings. The smallest absolute Gasteiger partial charge is 0.323 e. The van der Waals surface area contributed by atoms with Gasteiger partial charge in [-0.3, -0.25) is 4.79 Å². The fourth-order valence-corrected chi connectivity index (χ4v) is 3.51. The third kappa shape index (κ3) is 3.93. The second-order valence-electron chi connectivity index (χ2n) is 6.24. The van der Waals surface area contributed by atoms with Crippen molar-refractivity contribution in [3.05, 3.63) is 0 Å². The van der Waals surface area contributed by atoms with Gasteiger partial charge in [0.25, 0.3) is 0 Å².